The van der Waals surface area contributed by atoms with Gasteiger partial charge in [-0.1, -0.05) is 44.2 Å². The Hall–Kier alpha value is -2.57. The maximum Gasteiger partial charge on any atom is 0.412 e. The molecule has 0 bridgehead atoms. The van der Waals surface area contributed by atoms with Crippen LogP contribution in [0.15, 0.2) is 54.6 Å². The average molecular weight is 373 g/mol. The lowest BCUT2D eigenvalue weighted by molar-refractivity contribution is 0.0152. The van der Waals surface area contributed by atoms with Gasteiger partial charge in [-0.05, 0) is 36.2 Å². The number of aliphatic hydroxyl groups is 2. The molecule has 0 spiro atoms. The third-order valence-electron chi connectivity index (χ3n) is 4.25. The van der Waals surface area contributed by atoms with Crippen molar-refractivity contribution in [2.45, 2.75) is 26.4 Å². The molecule has 0 saturated heterocycles. The van der Waals surface area contributed by atoms with Crippen molar-refractivity contribution < 1.29 is 24.5 Å². The molecule has 0 aliphatic rings. The first-order valence-corrected chi connectivity index (χ1v) is 8.93. The Balaban J connectivity index is 2.17. The summed E-state index contributed by atoms with van der Waals surface area (Å²) < 4.78 is 11.1. The van der Waals surface area contributed by atoms with Crippen LogP contribution in [-0.2, 0) is 4.74 Å². The van der Waals surface area contributed by atoms with Gasteiger partial charge in [0, 0.05) is 17.7 Å². The minimum Gasteiger partial charge on any atom is -0.491 e. The Morgan fingerprint density at radius 2 is 1.70 bits per heavy atom. The molecule has 0 unspecified atom stereocenters. The lowest BCUT2D eigenvalue weighted by Crippen LogP contribution is -2.29. The van der Waals surface area contributed by atoms with Crippen molar-refractivity contribution in [3.63, 3.8) is 0 Å². The molecule has 3 N–H and O–H groups in total. The smallest absolute Gasteiger partial charge is 0.412 e. The van der Waals surface area contributed by atoms with E-state index < -0.39 is 17.6 Å². The third kappa shape index (κ3) is 6.27. The summed E-state index contributed by atoms with van der Waals surface area (Å²) in [5.74, 6) is 0.625. The van der Waals surface area contributed by atoms with E-state index >= 15 is 0 Å². The van der Waals surface area contributed by atoms with Crippen molar-refractivity contribution in [1.82, 2.24) is 0 Å². The second-order valence-corrected chi connectivity index (χ2v) is 6.88. The molecule has 6 heteroatoms. The molecule has 0 aliphatic heterocycles. The number of carbonyl (C=O) groups is 1. The minimum atomic E-state index is -0.558. The highest BCUT2D eigenvalue weighted by atomic mass is 16.6. The highest BCUT2D eigenvalue weighted by Gasteiger charge is 2.34. The zero-order chi connectivity index (χ0) is 19.7. The van der Waals surface area contributed by atoms with Crippen LogP contribution in [0.2, 0.25) is 0 Å². The van der Waals surface area contributed by atoms with E-state index in [4.69, 9.17) is 14.6 Å². The van der Waals surface area contributed by atoms with E-state index in [0.29, 0.717) is 17.9 Å². The van der Waals surface area contributed by atoms with Crippen LogP contribution in [0.1, 0.15) is 31.9 Å². The minimum absolute atomic E-state index is 0.00907. The van der Waals surface area contributed by atoms with Crippen LogP contribution in [-0.4, -0.2) is 36.1 Å². The Bertz CT molecular complexity index is 700. The van der Waals surface area contributed by atoms with Gasteiger partial charge in [-0.15, -0.1) is 0 Å². The van der Waals surface area contributed by atoms with Crippen LogP contribution in [0, 0.1) is 5.41 Å². The molecule has 1 amide bonds. The van der Waals surface area contributed by atoms with Gasteiger partial charge in [0.2, 0.25) is 0 Å². The summed E-state index contributed by atoms with van der Waals surface area (Å²) in [6.07, 6.45) is -0.642. The average Bonchev–Trinajstić information content (AvgIpc) is 2.65. The summed E-state index contributed by atoms with van der Waals surface area (Å²) in [4.78, 5) is 12.4. The fourth-order valence-corrected chi connectivity index (χ4v) is 2.78. The van der Waals surface area contributed by atoms with E-state index in [0.717, 1.165) is 5.56 Å². The molecular formula is C21H27NO5. The Morgan fingerprint density at radius 3 is 2.30 bits per heavy atom. The predicted molar refractivity (Wildman–Crippen MR) is 104 cm³/mol. The molecular weight excluding hydrogens is 346 g/mol. The number of nitrogens with one attached hydrogen (secondary N) is 1. The van der Waals surface area contributed by atoms with Crippen molar-refractivity contribution in [1.29, 1.82) is 0 Å². The number of rotatable bonds is 9. The number of hydrogen-bond acceptors (Lipinski definition) is 5. The summed E-state index contributed by atoms with van der Waals surface area (Å²) in [7, 11) is 0. The van der Waals surface area contributed by atoms with Crippen LogP contribution in [0.4, 0.5) is 10.5 Å². The molecule has 0 saturated carbocycles. The summed E-state index contributed by atoms with van der Waals surface area (Å²) in [5.41, 5.74) is 0.970. The lowest BCUT2D eigenvalue weighted by atomic mass is 9.80. The fourth-order valence-electron chi connectivity index (χ4n) is 2.78. The van der Waals surface area contributed by atoms with Crippen molar-refractivity contribution in [2.24, 2.45) is 5.41 Å². The van der Waals surface area contributed by atoms with Gasteiger partial charge >= 0.3 is 6.09 Å². The first-order chi connectivity index (χ1) is 13.0. The maximum absolute atomic E-state index is 12.4. The summed E-state index contributed by atoms with van der Waals surface area (Å²) >= 11 is 0. The number of aliphatic hydroxyl groups excluding tert-OH is 2. The molecule has 27 heavy (non-hydrogen) atoms. The number of para-hydroxylation sites is 1. The van der Waals surface area contributed by atoms with Crippen molar-refractivity contribution in [2.75, 3.05) is 25.1 Å². The van der Waals surface area contributed by atoms with Crippen LogP contribution in [0.25, 0.3) is 0 Å². The summed E-state index contributed by atoms with van der Waals surface area (Å²) in [6, 6.07) is 16.3. The quantitative estimate of drug-likeness (QED) is 0.623. The molecule has 146 valence electrons. The Labute approximate surface area is 159 Å². The van der Waals surface area contributed by atoms with Gasteiger partial charge in [0.1, 0.15) is 18.5 Å². The van der Waals surface area contributed by atoms with Crippen molar-refractivity contribution in [3.05, 3.63) is 60.2 Å². The van der Waals surface area contributed by atoms with E-state index in [2.05, 4.69) is 5.32 Å². The topological polar surface area (TPSA) is 88.0 Å². The molecule has 2 rings (SSSR count). The van der Waals surface area contributed by atoms with Gasteiger partial charge < -0.3 is 19.7 Å². The van der Waals surface area contributed by atoms with Crippen LogP contribution < -0.4 is 10.1 Å². The zero-order valence-electron chi connectivity index (χ0n) is 15.7. The number of ether oxygens (including phenoxy) is 2. The SMILES string of the molecule is CC(C)(CCO)[C@H](OC(=O)Nc1ccccc1)c1ccc(OCCO)cc1. The standard InChI is InChI=1S/C21H27NO5/c1-21(2,12-13-23)19(16-8-10-18(11-9-16)26-15-14-24)27-20(25)22-17-6-4-3-5-7-17/h3-11,19,23-24H,12-15H2,1-2H3,(H,22,25)/t19-/m1/s1. The normalized spacial score (nSPS) is 12.3. The Kier molecular flexibility index (Phi) is 7.64. The van der Waals surface area contributed by atoms with Gasteiger partial charge in [-0.2, -0.15) is 0 Å². The number of anilines is 1. The summed E-state index contributed by atoms with van der Waals surface area (Å²) in [5, 5.41) is 21.0. The second-order valence-electron chi connectivity index (χ2n) is 6.88. The number of hydrogen-bond donors (Lipinski definition) is 3. The highest BCUT2D eigenvalue weighted by molar-refractivity contribution is 5.84. The summed E-state index contributed by atoms with van der Waals surface area (Å²) in [6.45, 7) is 4.04. The molecule has 0 radical (unpaired) electrons. The Morgan fingerprint density at radius 1 is 1.04 bits per heavy atom. The van der Waals surface area contributed by atoms with Crippen LogP contribution >= 0.6 is 0 Å². The van der Waals surface area contributed by atoms with Gasteiger partial charge in [-0.25, -0.2) is 4.79 Å². The van der Waals surface area contributed by atoms with Crippen molar-refractivity contribution >= 4 is 11.8 Å². The van der Waals surface area contributed by atoms with E-state index in [9.17, 15) is 9.90 Å². The first-order valence-electron chi connectivity index (χ1n) is 8.93. The highest BCUT2D eigenvalue weighted by Crippen LogP contribution is 2.40. The fraction of sp³-hybridized carbons (Fsp3) is 0.381. The zero-order valence-corrected chi connectivity index (χ0v) is 15.7. The van der Waals surface area contributed by atoms with E-state index in [-0.39, 0.29) is 19.8 Å². The number of benzene rings is 2. The number of amides is 1. The molecule has 2 aromatic rings. The third-order valence-corrected chi connectivity index (χ3v) is 4.25. The van der Waals surface area contributed by atoms with E-state index in [1.807, 2.05) is 44.2 Å². The predicted octanol–water partition coefficient (Wildman–Crippen LogP) is 3.76. The van der Waals surface area contributed by atoms with Crippen molar-refractivity contribution in [3.8, 4) is 5.75 Å². The first kappa shape index (κ1) is 20.7. The second kappa shape index (κ2) is 9.94. The van der Waals surface area contributed by atoms with E-state index in [1.165, 1.54) is 0 Å². The largest absolute Gasteiger partial charge is 0.491 e. The van der Waals surface area contributed by atoms with Gasteiger partial charge in [0.25, 0.3) is 0 Å². The van der Waals surface area contributed by atoms with Gasteiger partial charge in [0.05, 0.1) is 6.61 Å². The number of carbonyl (C=O) groups excluding carboxylic acids is 1. The van der Waals surface area contributed by atoms with Crippen LogP contribution in [0.5, 0.6) is 5.75 Å². The molecule has 6 nitrogen and oxygen atoms in total. The van der Waals surface area contributed by atoms with Crippen LogP contribution in [0.3, 0.4) is 0 Å². The molecule has 1 atom stereocenters. The molecule has 0 aromatic heterocycles. The lowest BCUT2D eigenvalue weighted by Gasteiger charge is -2.33. The molecule has 0 heterocycles. The molecule has 0 aliphatic carbocycles. The van der Waals surface area contributed by atoms with Gasteiger partial charge in [0.15, 0.2) is 0 Å². The maximum atomic E-state index is 12.4. The monoisotopic (exact) mass is 373 g/mol. The molecule has 0 fully saturated rings. The van der Waals surface area contributed by atoms with Gasteiger partial charge in [-0.3, -0.25) is 5.32 Å². The molecule has 2 aromatic carbocycles. The van der Waals surface area contributed by atoms with E-state index in [1.54, 1.807) is 24.3 Å².